The molecule has 9 rings (SSSR count). The number of para-hydroxylation sites is 1. The number of carbonyl (C=O) groups excluding carboxylic acids is 1. The minimum Gasteiger partial charge on any atom is -0.490 e. The van der Waals surface area contributed by atoms with Gasteiger partial charge >= 0.3 is 5.97 Å². The quantitative estimate of drug-likeness (QED) is 0.129. The van der Waals surface area contributed by atoms with Crippen LogP contribution in [0.1, 0.15) is 49.0 Å². The zero-order valence-electron chi connectivity index (χ0n) is 33.5. The lowest BCUT2D eigenvalue weighted by Gasteiger charge is -2.38. The van der Waals surface area contributed by atoms with Gasteiger partial charge in [-0.05, 0) is 94.1 Å². The van der Waals surface area contributed by atoms with Crippen molar-refractivity contribution in [2.24, 2.45) is 5.92 Å². The van der Waals surface area contributed by atoms with Crippen molar-refractivity contribution < 1.29 is 28.2 Å². The van der Waals surface area contributed by atoms with Gasteiger partial charge in [-0.3, -0.25) is 19.1 Å². The number of hydrogen-bond donors (Lipinski definition) is 3. The number of nitrogens with two attached hydrogens (primary N) is 1. The number of nitrogen functional groups attached to an aromatic ring is 1. The van der Waals surface area contributed by atoms with Crippen molar-refractivity contribution in [2.45, 2.75) is 69.4 Å². The minimum absolute atomic E-state index is 0.0266. The molecule has 5 heterocycles. The number of carbonyl (C=O) groups is 1. The molecule has 1 saturated carbocycles. The molecule has 2 aliphatic heterocycles. The summed E-state index contributed by atoms with van der Waals surface area (Å²) in [5.74, 6) is -1.36. The number of aromatic nitrogens is 5. The number of thiophene rings is 1. The number of rotatable bonds is 12. The van der Waals surface area contributed by atoms with E-state index in [4.69, 9.17) is 15.2 Å². The fourth-order valence-electron chi connectivity index (χ4n) is 8.86. The predicted octanol–water partition coefficient (Wildman–Crippen LogP) is 5.67. The smallest absolute Gasteiger partial charge is 0.309 e. The number of halogens is 2. The molecule has 3 aliphatic rings. The van der Waals surface area contributed by atoms with Crippen molar-refractivity contribution in [3.05, 3.63) is 118 Å². The number of esters is 1. The number of nitrogens with zero attached hydrogens (tertiary/aromatic N) is 7. The zero-order valence-corrected chi connectivity index (χ0v) is 34.3. The molecule has 1 aliphatic carbocycles. The molecule has 318 valence electrons. The third-order valence-corrected chi connectivity index (χ3v) is 13.0. The molecule has 0 amide bonds. The number of nitrogens with one attached hydrogen (secondary N) is 1. The second kappa shape index (κ2) is 17.3. The number of β-amino-alcohol motifs (C(OH)–C–C–N with tert-alkyl or cyclic N) is 1. The molecular formula is C44H47F2N9O5S. The number of hydrogen-bond acceptors (Lipinski definition) is 13. The molecule has 3 aromatic heterocycles. The van der Waals surface area contributed by atoms with Crippen molar-refractivity contribution in [1.29, 1.82) is 0 Å². The van der Waals surface area contributed by atoms with E-state index in [-0.39, 0.29) is 54.1 Å². The van der Waals surface area contributed by atoms with Crippen LogP contribution in [0.2, 0.25) is 0 Å². The van der Waals surface area contributed by atoms with Crippen LogP contribution >= 0.6 is 11.3 Å². The number of likely N-dealkylation sites (tertiary alicyclic amines) is 1. The van der Waals surface area contributed by atoms with Gasteiger partial charge in [0.25, 0.3) is 5.56 Å². The van der Waals surface area contributed by atoms with Gasteiger partial charge in [0, 0.05) is 41.3 Å². The van der Waals surface area contributed by atoms with Crippen LogP contribution in [-0.2, 0) is 28.2 Å². The van der Waals surface area contributed by atoms with Crippen LogP contribution < -0.4 is 26.2 Å². The normalized spacial score (nSPS) is 19.6. The van der Waals surface area contributed by atoms with E-state index >= 15 is 0 Å². The molecule has 1 unspecified atom stereocenters. The van der Waals surface area contributed by atoms with Crippen LogP contribution in [0.25, 0.3) is 16.0 Å². The molecule has 4 N–H and O–H groups in total. The van der Waals surface area contributed by atoms with Crippen LogP contribution in [0.5, 0.6) is 5.75 Å². The molecule has 2 fully saturated rings. The minimum atomic E-state index is -1.71. The fourth-order valence-corrected chi connectivity index (χ4v) is 9.84. The fraction of sp³-hybridized carbons (Fsp3) is 0.386. The Labute approximate surface area is 354 Å². The second-order valence-electron chi connectivity index (χ2n) is 16.1. The van der Waals surface area contributed by atoms with Gasteiger partial charge in [-0.2, -0.15) is 5.10 Å². The average Bonchev–Trinajstić information content (AvgIpc) is 3.93. The maximum Gasteiger partial charge on any atom is 0.309 e. The van der Waals surface area contributed by atoms with Crippen molar-refractivity contribution in [3.8, 4) is 11.4 Å². The van der Waals surface area contributed by atoms with Crippen molar-refractivity contribution in [2.75, 3.05) is 43.4 Å². The number of ether oxygens (including phenoxy) is 2. The Morgan fingerprint density at radius 2 is 1.77 bits per heavy atom. The first-order valence-electron chi connectivity index (χ1n) is 20.7. The van der Waals surface area contributed by atoms with Crippen molar-refractivity contribution in [3.63, 3.8) is 0 Å². The van der Waals surface area contributed by atoms with Gasteiger partial charge in [0.1, 0.15) is 53.2 Å². The van der Waals surface area contributed by atoms with E-state index in [0.29, 0.717) is 61.7 Å². The lowest BCUT2D eigenvalue weighted by Crippen LogP contribution is -2.48. The van der Waals surface area contributed by atoms with E-state index in [2.05, 4.69) is 37.4 Å². The van der Waals surface area contributed by atoms with E-state index in [1.54, 1.807) is 4.57 Å². The molecule has 0 spiro atoms. The van der Waals surface area contributed by atoms with Crippen LogP contribution in [0.15, 0.2) is 90.2 Å². The summed E-state index contributed by atoms with van der Waals surface area (Å²) >= 11 is 1.50. The predicted molar refractivity (Wildman–Crippen MR) is 227 cm³/mol. The van der Waals surface area contributed by atoms with Gasteiger partial charge in [-0.1, -0.05) is 24.3 Å². The maximum absolute atomic E-state index is 14.9. The van der Waals surface area contributed by atoms with Crippen molar-refractivity contribution in [1.82, 2.24) is 34.5 Å². The summed E-state index contributed by atoms with van der Waals surface area (Å²) in [5, 5.41) is 19.5. The van der Waals surface area contributed by atoms with Gasteiger partial charge in [0.15, 0.2) is 5.82 Å². The average molecular weight is 852 g/mol. The second-order valence-corrected chi connectivity index (χ2v) is 17.2. The Kier molecular flexibility index (Phi) is 11.5. The lowest BCUT2D eigenvalue weighted by atomic mass is 9.90. The highest BCUT2D eigenvalue weighted by atomic mass is 32.1. The summed E-state index contributed by atoms with van der Waals surface area (Å²) in [7, 11) is 0. The Bertz CT molecular complexity index is 2560. The first-order chi connectivity index (χ1) is 29.6. The summed E-state index contributed by atoms with van der Waals surface area (Å²) in [6.07, 6.45) is 6.85. The summed E-state index contributed by atoms with van der Waals surface area (Å²) in [6, 6.07) is 21.2. The molecule has 3 aromatic carbocycles. The molecule has 61 heavy (non-hydrogen) atoms. The van der Waals surface area contributed by atoms with E-state index in [1.165, 1.54) is 34.7 Å². The number of benzene rings is 3. The highest BCUT2D eigenvalue weighted by Crippen LogP contribution is 2.39. The SMILES string of the molecule is Nc1nc2sc(CNC3CCC(OC(=O)C4CCN(CC(O)(Cn5cncn5)c5ccc(F)cc5F)CC4)CC3)cc2n(-c2ccc3c(c2)N(c2ccccc2)CCO3)c1=O. The van der Waals surface area contributed by atoms with Gasteiger partial charge in [-0.15, -0.1) is 11.3 Å². The first kappa shape index (κ1) is 40.6. The van der Waals surface area contributed by atoms with Crippen molar-refractivity contribution >= 4 is 44.8 Å². The standard InChI is InChI=1S/C44H47F2N9O5S/c45-29-6-12-35(36(46)20-29)44(58,25-53-27-48-26-50-53)24-52-16-14-28(15-17-52)43(57)60-33-10-7-30(8-11-33)49-23-34-22-38-41(61-34)51-40(47)42(56)55(38)32-9-13-39-37(21-32)54(18-19-59-39)31-4-2-1-3-5-31/h1-6,9,12-13,20-22,26-28,30,33,49,58H,7-8,10-11,14-19,23-25H2,(H2,47,51). The Morgan fingerprint density at radius 1 is 0.967 bits per heavy atom. The maximum atomic E-state index is 14.9. The van der Waals surface area contributed by atoms with Crippen LogP contribution in [0.4, 0.5) is 26.0 Å². The number of fused-ring (bicyclic) bond motifs is 2. The van der Waals surface area contributed by atoms with E-state index in [1.807, 2.05) is 47.4 Å². The molecule has 17 heteroatoms. The van der Waals surface area contributed by atoms with Crippen LogP contribution in [0, 0.1) is 17.6 Å². The third-order valence-electron chi connectivity index (χ3n) is 12.0. The lowest BCUT2D eigenvalue weighted by molar-refractivity contribution is -0.157. The largest absolute Gasteiger partial charge is 0.490 e. The van der Waals surface area contributed by atoms with Crippen LogP contribution in [0.3, 0.4) is 0 Å². The Hall–Kier alpha value is -5.75. The number of aliphatic hydroxyl groups is 1. The van der Waals surface area contributed by atoms with Gasteiger partial charge in [0.05, 0.1) is 35.9 Å². The summed E-state index contributed by atoms with van der Waals surface area (Å²) in [5.41, 5.74) is 7.35. The summed E-state index contributed by atoms with van der Waals surface area (Å²) in [6.45, 7) is 2.82. The number of piperidine rings is 1. The third kappa shape index (κ3) is 8.73. The van der Waals surface area contributed by atoms with E-state index < -0.39 is 17.2 Å². The Morgan fingerprint density at radius 3 is 2.52 bits per heavy atom. The molecule has 0 bridgehead atoms. The van der Waals surface area contributed by atoms with Gasteiger partial charge in [0.2, 0.25) is 0 Å². The Balaban J connectivity index is 0.783. The van der Waals surface area contributed by atoms with Gasteiger partial charge in [-0.25, -0.2) is 23.4 Å². The molecule has 1 atom stereocenters. The molecule has 0 radical (unpaired) electrons. The van der Waals surface area contributed by atoms with E-state index in [9.17, 15) is 23.5 Å². The summed E-state index contributed by atoms with van der Waals surface area (Å²) in [4.78, 5) is 41.1. The molecule has 14 nitrogen and oxygen atoms in total. The molecule has 6 aromatic rings. The molecular weight excluding hydrogens is 805 g/mol. The number of anilines is 3. The van der Waals surface area contributed by atoms with Gasteiger partial charge < -0.3 is 30.5 Å². The zero-order chi connectivity index (χ0) is 42.1. The highest BCUT2D eigenvalue weighted by Gasteiger charge is 2.38. The molecule has 1 saturated heterocycles. The highest BCUT2D eigenvalue weighted by molar-refractivity contribution is 7.18. The summed E-state index contributed by atoms with van der Waals surface area (Å²) < 4.78 is 43.7. The monoisotopic (exact) mass is 851 g/mol. The van der Waals surface area contributed by atoms with E-state index in [0.717, 1.165) is 59.8 Å². The topological polar surface area (TPSA) is 166 Å². The van der Waals surface area contributed by atoms with Crippen LogP contribution in [-0.4, -0.2) is 85.2 Å². The first-order valence-corrected chi connectivity index (χ1v) is 21.5.